The van der Waals surface area contributed by atoms with Gasteiger partial charge in [0.05, 0.1) is 30.5 Å². The van der Waals surface area contributed by atoms with Gasteiger partial charge in [0, 0.05) is 31.1 Å². The van der Waals surface area contributed by atoms with Crippen LogP contribution in [0, 0.1) is 0 Å². The Hall–Kier alpha value is -0.885. The molecule has 3 rings (SSSR count). The number of rotatable bonds is 5. The van der Waals surface area contributed by atoms with E-state index in [1.165, 1.54) is 0 Å². The molecular formula is C16H27BN2O4. The van der Waals surface area contributed by atoms with E-state index >= 15 is 0 Å². The van der Waals surface area contributed by atoms with Gasteiger partial charge in [0.1, 0.15) is 0 Å². The van der Waals surface area contributed by atoms with Gasteiger partial charge >= 0.3 is 7.12 Å². The summed E-state index contributed by atoms with van der Waals surface area (Å²) in [5, 5.41) is 4.39. The molecule has 23 heavy (non-hydrogen) atoms. The minimum absolute atomic E-state index is 0.321. The van der Waals surface area contributed by atoms with Crippen molar-refractivity contribution < 1.29 is 18.8 Å². The van der Waals surface area contributed by atoms with Gasteiger partial charge in [-0.15, -0.1) is 0 Å². The first kappa shape index (κ1) is 17.0. The highest BCUT2D eigenvalue weighted by Gasteiger charge is 2.52. The smallest absolute Gasteiger partial charge is 0.399 e. The van der Waals surface area contributed by atoms with Gasteiger partial charge in [-0.1, -0.05) is 0 Å². The monoisotopic (exact) mass is 322 g/mol. The van der Waals surface area contributed by atoms with Crippen molar-refractivity contribution in [3.8, 4) is 0 Å². The molecule has 0 amide bonds. The average molecular weight is 322 g/mol. The summed E-state index contributed by atoms with van der Waals surface area (Å²) in [7, 11) is -0.356. The molecule has 0 aliphatic carbocycles. The van der Waals surface area contributed by atoms with Crippen molar-refractivity contribution in [2.45, 2.75) is 64.4 Å². The van der Waals surface area contributed by atoms with Crippen LogP contribution in [0.4, 0.5) is 0 Å². The predicted molar refractivity (Wildman–Crippen MR) is 87.7 cm³/mol. The van der Waals surface area contributed by atoms with E-state index in [-0.39, 0.29) is 18.3 Å². The van der Waals surface area contributed by atoms with Crippen LogP contribution in [0.1, 0.15) is 40.5 Å². The second kappa shape index (κ2) is 6.55. The van der Waals surface area contributed by atoms with E-state index < -0.39 is 0 Å². The third-order valence-electron chi connectivity index (χ3n) is 5.02. The van der Waals surface area contributed by atoms with Crippen molar-refractivity contribution in [2.24, 2.45) is 0 Å². The molecular weight excluding hydrogens is 295 g/mol. The molecule has 3 heterocycles. The van der Waals surface area contributed by atoms with Crippen LogP contribution in [0.5, 0.6) is 0 Å². The number of aromatic nitrogens is 2. The van der Waals surface area contributed by atoms with Crippen molar-refractivity contribution in [3.63, 3.8) is 0 Å². The first-order valence-corrected chi connectivity index (χ1v) is 8.45. The molecule has 0 bridgehead atoms. The van der Waals surface area contributed by atoms with E-state index in [1.807, 2.05) is 17.1 Å². The van der Waals surface area contributed by atoms with Crippen LogP contribution in [0.15, 0.2) is 12.4 Å². The van der Waals surface area contributed by atoms with Crippen molar-refractivity contribution >= 4 is 12.6 Å². The van der Waals surface area contributed by atoms with Gasteiger partial charge in [-0.3, -0.25) is 4.68 Å². The molecule has 2 aliphatic heterocycles. The average Bonchev–Trinajstić information content (AvgIpc) is 3.03. The van der Waals surface area contributed by atoms with Gasteiger partial charge in [-0.2, -0.15) is 5.10 Å². The van der Waals surface area contributed by atoms with Crippen LogP contribution in [0.25, 0.3) is 0 Å². The third kappa shape index (κ3) is 3.79. The molecule has 0 N–H and O–H groups in total. The Bertz CT molecular complexity index is 510. The summed E-state index contributed by atoms with van der Waals surface area (Å²) < 4.78 is 25.2. The fourth-order valence-electron chi connectivity index (χ4n) is 2.76. The minimum Gasteiger partial charge on any atom is -0.399 e. The number of ether oxygens (including phenoxy) is 2. The van der Waals surface area contributed by atoms with Crippen LogP contribution in [-0.4, -0.2) is 54.0 Å². The van der Waals surface area contributed by atoms with Crippen LogP contribution in [0.3, 0.4) is 0 Å². The maximum atomic E-state index is 6.04. The lowest BCUT2D eigenvalue weighted by atomic mass is 9.82. The highest BCUT2D eigenvalue weighted by Crippen LogP contribution is 2.36. The third-order valence-corrected chi connectivity index (χ3v) is 5.02. The van der Waals surface area contributed by atoms with Gasteiger partial charge in [0.2, 0.25) is 0 Å². The van der Waals surface area contributed by atoms with Crippen LogP contribution < -0.4 is 5.46 Å². The van der Waals surface area contributed by atoms with Crippen molar-refractivity contribution in [1.29, 1.82) is 0 Å². The molecule has 1 aromatic heterocycles. The normalized spacial score (nSPS) is 24.3. The van der Waals surface area contributed by atoms with E-state index in [2.05, 4.69) is 32.8 Å². The summed E-state index contributed by atoms with van der Waals surface area (Å²) in [6.45, 7) is 11.2. The van der Waals surface area contributed by atoms with Crippen LogP contribution in [0.2, 0.25) is 0 Å². The highest BCUT2D eigenvalue weighted by molar-refractivity contribution is 6.61. The zero-order chi connectivity index (χ0) is 16.5. The molecule has 0 atom stereocenters. The number of nitrogens with zero attached hydrogens (tertiary/aromatic N) is 2. The van der Waals surface area contributed by atoms with Gasteiger partial charge in [0.15, 0.2) is 0 Å². The predicted octanol–water partition coefficient (Wildman–Crippen LogP) is 1.38. The van der Waals surface area contributed by atoms with Crippen molar-refractivity contribution in [1.82, 2.24) is 9.78 Å². The number of hydrogen-bond acceptors (Lipinski definition) is 5. The zero-order valence-electron chi connectivity index (χ0n) is 14.6. The topological polar surface area (TPSA) is 54.7 Å². The maximum Gasteiger partial charge on any atom is 0.498 e. The maximum absolute atomic E-state index is 6.04. The summed E-state index contributed by atoms with van der Waals surface area (Å²) in [4.78, 5) is 0. The summed E-state index contributed by atoms with van der Waals surface area (Å²) in [6.07, 6.45) is 6.09. The molecule has 128 valence electrons. The summed E-state index contributed by atoms with van der Waals surface area (Å²) >= 11 is 0. The van der Waals surface area contributed by atoms with E-state index in [4.69, 9.17) is 18.8 Å². The molecule has 7 heteroatoms. The largest absolute Gasteiger partial charge is 0.498 e. The molecule has 6 nitrogen and oxygen atoms in total. The SMILES string of the molecule is CC1(C)OB(c2cnn(CCOC3CCOCC3)c2)OC1(C)C. The van der Waals surface area contributed by atoms with Gasteiger partial charge in [0.25, 0.3) is 0 Å². The second-order valence-corrected chi connectivity index (χ2v) is 7.31. The molecule has 0 saturated carbocycles. The quantitative estimate of drug-likeness (QED) is 0.767. The Morgan fingerprint density at radius 2 is 1.87 bits per heavy atom. The fourth-order valence-corrected chi connectivity index (χ4v) is 2.76. The first-order chi connectivity index (χ1) is 10.9. The van der Waals surface area contributed by atoms with Gasteiger partial charge in [-0.25, -0.2) is 0 Å². The molecule has 1 aromatic rings. The standard InChI is InChI=1S/C16H27BN2O4/c1-15(2)16(3,4)23-17(22-15)13-11-18-19(12-13)7-10-21-14-5-8-20-9-6-14/h11-12,14H,5-10H2,1-4H3. The lowest BCUT2D eigenvalue weighted by Crippen LogP contribution is -2.41. The van der Waals surface area contributed by atoms with E-state index in [9.17, 15) is 0 Å². The summed E-state index contributed by atoms with van der Waals surface area (Å²) in [6, 6.07) is 0. The van der Waals surface area contributed by atoms with Crippen LogP contribution >= 0.6 is 0 Å². The molecule has 0 spiro atoms. The lowest BCUT2D eigenvalue weighted by Gasteiger charge is -2.32. The van der Waals surface area contributed by atoms with E-state index in [0.29, 0.717) is 12.7 Å². The summed E-state index contributed by atoms with van der Waals surface area (Å²) in [5.74, 6) is 0. The van der Waals surface area contributed by atoms with Crippen molar-refractivity contribution in [2.75, 3.05) is 19.8 Å². The molecule has 2 aliphatic rings. The van der Waals surface area contributed by atoms with Crippen LogP contribution in [-0.2, 0) is 25.3 Å². The Balaban J connectivity index is 1.50. The summed E-state index contributed by atoms with van der Waals surface area (Å²) in [5.41, 5.74) is 0.299. The molecule has 0 aromatic carbocycles. The lowest BCUT2D eigenvalue weighted by molar-refractivity contribution is -0.0344. The minimum atomic E-state index is -0.356. The Kier molecular flexibility index (Phi) is 4.83. The fraction of sp³-hybridized carbons (Fsp3) is 0.812. The molecule has 2 fully saturated rings. The Morgan fingerprint density at radius 1 is 1.22 bits per heavy atom. The number of hydrogen-bond donors (Lipinski definition) is 0. The van der Waals surface area contributed by atoms with E-state index in [0.717, 1.165) is 38.1 Å². The van der Waals surface area contributed by atoms with E-state index in [1.54, 1.807) is 0 Å². The zero-order valence-corrected chi connectivity index (χ0v) is 14.6. The molecule has 2 saturated heterocycles. The highest BCUT2D eigenvalue weighted by atomic mass is 16.7. The molecule has 0 unspecified atom stereocenters. The first-order valence-electron chi connectivity index (χ1n) is 8.45. The van der Waals surface area contributed by atoms with Gasteiger partial charge < -0.3 is 18.8 Å². The van der Waals surface area contributed by atoms with Gasteiger partial charge in [-0.05, 0) is 40.5 Å². The Morgan fingerprint density at radius 3 is 2.52 bits per heavy atom. The van der Waals surface area contributed by atoms with Crippen molar-refractivity contribution in [3.05, 3.63) is 12.4 Å². The Labute approximate surface area is 138 Å². The second-order valence-electron chi connectivity index (χ2n) is 7.31. The molecule has 0 radical (unpaired) electrons.